The Hall–Kier alpha value is -3.35. The van der Waals surface area contributed by atoms with Crippen molar-refractivity contribution in [1.82, 2.24) is 15.2 Å². The van der Waals surface area contributed by atoms with Gasteiger partial charge in [0.2, 0.25) is 0 Å². The van der Waals surface area contributed by atoms with Gasteiger partial charge in [-0.25, -0.2) is 9.37 Å². The first-order chi connectivity index (χ1) is 18.0. The molecule has 1 amide bonds. The standard InChI is InChI=1S/C31H34FN3OS/c1-3-23(2)33-31(36)29-22-37-30(34-29)21-35(20-24-14-16-27(32)17-15-24)19-18-28(25-10-6-4-7-11-25)26-12-8-5-9-13-26/h4-17,22-23,28H,3,18-21H2,1-2H3,(H,33,36). The molecule has 1 N–H and O–H groups in total. The molecule has 1 unspecified atom stereocenters. The Morgan fingerprint density at radius 2 is 1.57 bits per heavy atom. The number of amides is 1. The zero-order valence-corrected chi connectivity index (χ0v) is 22.3. The second kappa shape index (κ2) is 13.3. The fourth-order valence-electron chi connectivity index (χ4n) is 4.35. The number of nitrogens with zero attached hydrogens (tertiary/aromatic N) is 2. The van der Waals surface area contributed by atoms with Crippen molar-refractivity contribution in [1.29, 1.82) is 0 Å². The molecule has 6 heteroatoms. The molecule has 0 aliphatic rings. The van der Waals surface area contributed by atoms with Crippen molar-refractivity contribution < 1.29 is 9.18 Å². The predicted octanol–water partition coefficient (Wildman–Crippen LogP) is 7.03. The van der Waals surface area contributed by atoms with Gasteiger partial charge in [-0.15, -0.1) is 11.3 Å². The molecule has 192 valence electrons. The van der Waals surface area contributed by atoms with Crippen LogP contribution >= 0.6 is 11.3 Å². The average Bonchev–Trinajstić information content (AvgIpc) is 3.40. The largest absolute Gasteiger partial charge is 0.348 e. The van der Waals surface area contributed by atoms with Crippen molar-refractivity contribution in [2.24, 2.45) is 0 Å². The average molecular weight is 516 g/mol. The maximum absolute atomic E-state index is 13.5. The Balaban J connectivity index is 1.52. The Kier molecular flexibility index (Phi) is 9.58. The first kappa shape index (κ1) is 26.7. The first-order valence-electron chi connectivity index (χ1n) is 12.8. The minimum Gasteiger partial charge on any atom is -0.348 e. The number of halogens is 1. The molecule has 3 aromatic carbocycles. The van der Waals surface area contributed by atoms with E-state index >= 15 is 0 Å². The van der Waals surface area contributed by atoms with Crippen molar-refractivity contribution in [2.75, 3.05) is 6.54 Å². The number of rotatable bonds is 12. The lowest BCUT2D eigenvalue weighted by Crippen LogP contribution is -2.32. The van der Waals surface area contributed by atoms with Crippen LogP contribution in [0.15, 0.2) is 90.3 Å². The molecule has 4 aromatic rings. The summed E-state index contributed by atoms with van der Waals surface area (Å²) < 4.78 is 13.5. The minimum absolute atomic E-state index is 0.112. The number of carbonyl (C=O) groups excluding carboxylic acids is 1. The summed E-state index contributed by atoms with van der Waals surface area (Å²) in [5.74, 6) is -0.109. The van der Waals surface area contributed by atoms with Crippen molar-refractivity contribution in [3.8, 4) is 0 Å². The van der Waals surface area contributed by atoms with Gasteiger partial charge >= 0.3 is 0 Å². The van der Waals surface area contributed by atoms with E-state index in [2.05, 4.69) is 63.7 Å². The molecule has 0 aliphatic heterocycles. The molecule has 4 rings (SSSR count). The van der Waals surface area contributed by atoms with Crippen LogP contribution in [0.3, 0.4) is 0 Å². The third-order valence-electron chi connectivity index (χ3n) is 6.59. The van der Waals surface area contributed by atoms with Crippen LogP contribution in [0.4, 0.5) is 4.39 Å². The molecule has 0 bridgehead atoms. The van der Waals surface area contributed by atoms with Gasteiger partial charge < -0.3 is 5.32 Å². The van der Waals surface area contributed by atoms with Gasteiger partial charge in [0.05, 0.1) is 6.54 Å². The van der Waals surface area contributed by atoms with Crippen molar-refractivity contribution in [2.45, 2.75) is 51.7 Å². The van der Waals surface area contributed by atoms with Crippen LogP contribution < -0.4 is 5.32 Å². The van der Waals surface area contributed by atoms with Crippen molar-refractivity contribution >= 4 is 17.2 Å². The van der Waals surface area contributed by atoms with Crippen LogP contribution in [0.25, 0.3) is 0 Å². The van der Waals surface area contributed by atoms with Crippen LogP contribution in [0.1, 0.15) is 64.8 Å². The summed E-state index contributed by atoms with van der Waals surface area (Å²) >= 11 is 1.51. The van der Waals surface area contributed by atoms with E-state index in [-0.39, 0.29) is 23.7 Å². The van der Waals surface area contributed by atoms with E-state index in [9.17, 15) is 9.18 Å². The molecule has 0 saturated carbocycles. The smallest absolute Gasteiger partial charge is 0.270 e. The maximum atomic E-state index is 13.5. The lowest BCUT2D eigenvalue weighted by Gasteiger charge is -2.25. The molecule has 37 heavy (non-hydrogen) atoms. The zero-order valence-electron chi connectivity index (χ0n) is 21.4. The first-order valence-corrected chi connectivity index (χ1v) is 13.7. The Bertz CT molecular complexity index is 1200. The fraction of sp³-hybridized carbons (Fsp3) is 0.290. The van der Waals surface area contributed by atoms with Crippen LogP contribution in [-0.2, 0) is 13.1 Å². The van der Waals surface area contributed by atoms with E-state index in [0.29, 0.717) is 18.8 Å². The predicted molar refractivity (Wildman–Crippen MR) is 149 cm³/mol. The number of nitrogens with one attached hydrogen (secondary N) is 1. The molecule has 0 fully saturated rings. The molecular formula is C31H34FN3OS. The highest BCUT2D eigenvalue weighted by Gasteiger charge is 2.19. The topological polar surface area (TPSA) is 45.2 Å². The lowest BCUT2D eigenvalue weighted by atomic mass is 9.88. The van der Waals surface area contributed by atoms with E-state index in [1.165, 1.54) is 34.6 Å². The van der Waals surface area contributed by atoms with Crippen LogP contribution in [0.2, 0.25) is 0 Å². The molecule has 1 heterocycles. The number of benzene rings is 3. The van der Waals surface area contributed by atoms with Gasteiger partial charge in [0.1, 0.15) is 16.5 Å². The second-order valence-corrected chi connectivity index (χ2v) is 10.4. The van der Waals surface area contributed by atoms with E-state index in [0.717, 1.165) is 30.0 Å². The summed E-state index contributed by atoms with van der Waals surface area (Å²) in [7, 11) is 0. The monoisotopic (exact) mass is 515 g/mol. The Labute approximate surface area is 223 Å². The van der Waals surface area contributed by atoms with Gasteiger partial charge in [0.15, 0.2) is 0 Å². The molecule has 1 aromatic heterocycles. The second-order valence-electron chi connectivity index (χ2n) is 9.41. The summed E-state index contributed by atoms with van der Waals surface area (Å²) in [6.07, 6.45) is 1.79. The molecular weight excluding hydrogens is 481 g/mol. The van der Waals surface area contributed by atoms with E-state index < -0.39 is 0 Å². The highest BCUT2D eigenvalue weighted by atomic mass is 32.1. The molecule has 1 atom stereocenters. The Morgan fingerprint density at radius 1 is 0.946 bits per heavy atom. The molecule has 4 nitrogen and oxygen atoms in total. The van der Waals surface area contributed by atoms with E-state index in [1.54, 1.807) is 0 Å². The normalized spacial score (nSPS) is 12.1. The van der Waals surface area contributed by atoms with Gasteiger partial charge in [-0.05, 0) is 55.1 Å². The number of thiazole rings is 1. The summed E-state index contributed by atoms with van der Waals surface area (Å²) in [4.78, 5) is 19.5. The number of aromatic nitrogens is 1. The molecule has 0 saturated heterocycles. The van der Waals surface area contributed by atoms with Crippen LogP contribution in [0.5, 0.6) is 0 Å². The lowest BCUT2D eigenvalue weighted by molar-refractivity contribution is 0.0934. The van der Waals surface area contributed by atoms with Crippen molar-refractivity contribution in [3.63, 3.8) is 0 Å². The number of hydrogen-bond acceptors (Lipinski definition) is 4. The quantitative estimate of drug-likeness (QED) is 0.220. The van der Waals surface area contributed by atoms with Crippen molar-refractivity contribution in [3.05, 3.63) is 124 Å². The van der Waals surface area contributed by atoms with E-state index in [4.69, 9.17) is 0 Å². The third kappa shape index (κ3) is 7.81. The van der Waals surface area contributed by atoms with Gasteiger partial charge in [-0.1, -0.05) is 79.7 Å². The summed E-state index contributed by atoms with van der Waals surface area (Å²) in [6, 6.07) is 28.0. The zero-order chi connectivity index (χ0) is 26.0. The molecule has 0 aliphatic carbocycles. The summed E-state index contributed by atoms with van der Waals surface area (Å²) in [6.45, 7) is 6.15. The molecule has 0 spiro atoms. The highest BCUT2D eigenvalue weighted by Crippen LogP contribution is 2.29. The Morgan fingerprint density at radius 3 is 2.16 bits per heavy atom. The van der Waals surface area contributed by atoms with Gasteiger partial charge in [0.25, 0.3) is 5.91 Å². The molecule has 0 radical (unpaired) electrons. The summed E-state index contributed by atoms with van der Waals surface area (Å²) in [5, 5.41) is 5.72. The number of carbonyl (C=O) groups is 1. The third-order valence-corrected chi connectivity index (χ3v) is 7.42. The fourth-order valence-corrected chi connectivity index (χ4v) is 5.16. The van der Waals surface area contributed by atoms with Gasteiger partial charge in [-0.2, -0.15) is 0 Å². The highest BCUT2D eigenvalue weighted by molar-refractivity contribution is 7.09. The SMILES string of the molecule is CCC(C)NC(=O)c1csc(CN(CCC(c2ccccc2)c2ccccc2)Cc2ccc(F)cc2)n1. The van der Waals surface area contributed by atoms with Gasteiger partial charge in [-0.3, -0.25) is 9.69 Å². The maximum Gasteiger partial charge on any atom is 0.270 e. The summed E-state index contributed by atoms with van der Waals surface area (Å²) in [5.41, 5.74) is 4.08. The number of hydrogen-bond donors (Lipinski definition) is 1. The van der Waals surface area contributed by atoms with Crippen LogP contribution in [-0.4, -0.2) is 28.4 Å². The van der Waals surface area contributed by atoms with Crippen LogP contribution in [0, 0.1) is 5.82 Å². The van der Waals surface area contributed by atoms with Gasteiger partial charge in [0, 0.05) is 23.9 Å². The van der Waals surface area contributed by atoms with E-state index in [1.807, 2.05) is 43.5 Å². The minimum atomic E-state index is -0.236.